The van der Waals surface area contributed by atoms with Crippen molar-refractivity contribution in [1.29, 1.82) is 0 Å². The second-order valence-corrected chi connectivity index (χ2v) is 5.47. The lowest BCUT2D eigenvalue weighted by atomic mass is 10.3. The molecule has 0 aliphatic rings. The van der Waals surface area contributed by atoms with Gasteiger partial charge in [0.25, 0.3) is 0 Å². The van der Waals surface area contributed by atoms with Gasteiger partial charge in [-0.3, -0.25) is 0 Å². The summed E-state index contributed by atoms with van der Waals surface area (Å²) in [5.74, 6) is 0.875. The predicted molar refractivity (Wildman–Crippen MR) is 65.0 cm³/mol. The number of H-pyrrole nitrogens is 1. The van der Waals surface area contributed by atoms with Gasteiger partial charge in [-0.25, -0.2) is 5.10 Å². The number of nitrogens with zero attached hydrogens (tertiary/aromatic N) is 2. The second-order valence-electron chi connectivity index (χ2n) is 2.93. The smallest absolute Gasteiger partial charge is 0.243 e. The van der Waals surface area contributed by atoms with Gasteiger partial charge in [0, 0.05) is 11.4 Å². The van der Waals surface area contributed by atoms with Crippen LogP contribution in [-0.4, -0.2) is 21.7 Å². The number of rotatable bonds is 4. The standard InChI is InChI=1S/C8H10BrN5S/c9-6-2-1-5(15-6)3-4-11-8-12-7(10)13-14-8/h1-2H,3-4H2,(H4,10,11,12,13,14). The number of aromatic amines is 1. The normalized spacial score (nSPS) is 10.5. The Morgan fingerprint density at radius 1 is 1.53 bits per heavy atom. The van der Waals surface area contributed by atoms with Gasteiger partial charge >= 0.3 is 0 Å². The number of nitrogens with two attached hydrogens (primary N) is 1. The maximum atomic E-state index is 5.39. The number of anilines is 2. The largest absolute Gasteiger partial charge is 0.368 e. The Hall–Kier alpha value is -1.08. The zero-order valence-electron chi connectivity index (χ0n) is 7.83. The summed E-state index contributed by atoms with van der Waals surface area (Å²) in [6.45, 7) is 0.796. The number of thiophene rings is 1. The van der Waals surface area contributed by atoms with E-state index < -0.39 is 0 Å². The van der Waals surface area contributed by atoms with Gasteiger partial charge in [0.2, 0.25) is 11.9 Å². The highest BCUT2D eigenvalue weighted by Gasteiger charge is 2.00. The summed E-state index contributed by atoms with van der Waals surface area (Å²) in [5.41, 5.74) is 5.39. The van der Waals surface area contributed by atoms with Crippen molar-refractivity contribution in [3.05, 3.63) is 20.8 Å². The number of aromatic nitrogens is 3. The van der Waals surface area contributed by atoms with Crippen LogP contribution < -0.4 is 11.1 Å². The van der Waals surface area contributed by atoms with E-state index in [1.54, 1.807) is 11.3 Å². The van der Waals surface area contributed by atoms with Crippen LogP contribution in [0.3, 0.4) is 0 Å². The minimum Gasteiger partial charge on any atom is -0.368 e. The Morgan fingerprint density at radius 3 is 3.00 bits per heavy atom. The molecule has 0 aromatic carbocycles. The molecule has 0 fully saturated rings. The van der Waals surface area contributed by atoms with Crippen molar-refractivity contribution in [3.8, 4) is 0 Å². The first-order valence-electron chi connectivity index (χ1n) is 4.40. The number of nitrogens with one attached hydrogen (secondary N) is 2. The van der Waals surface area contributed by atoms with Crippen molar-refractivity contribution in [3.63, 3.8) is 0 Å². The number of hydrogen-bond donors (Lipinski definition) is 3. The first-order chi connectivity index (χ1) is 7.24. The Bertz CT molecular complexity index is 397. The fraction of sp³-hybridized carbons (Fsp3) is 0.250. The molecule has 0 aliphatic carbocycles. The Kier molecular flexibility index (Phi) is 3.22. The molecule has 0 saturated carbocycles. The first-order valence-corrected chi connectivity index (χ1v) is 6.01. The van der Waals surface area contributed by atoms with Crippen molar-refractivity contribution in [2.75, 3.05) is 17.6 Å². The van der Waals surface area contributed by atoms with Crippen molar-refractivity contribution in [2.24, 2.45) is 0 Å². The van der Waals surface area contributed by atoms with Gasteiger partial charge < -0.3 is 11.1 Å². The van der Waals surface area contributed by atoms with Crippen LogP contribution in [-0.2, 0) is 6.42 Å². The van der Waals surface area contributed by atoms with Gasteiger partial charge in [-0.1, -0.05) is 0 Å². The van der Waals surface area contributed by atoms with E-state index in [1.807, 2.05) is 6.07 Å². The van der Waals surface area contributed by atoms with E-state index in [-0.39, 0.29) is 0 Å². The van der Waals surface area contributed by atoms with Gasteiger partial charge in [0.15, 0.2) is 0 Å². The van der Waals surface area contributed by atoms with E-state index in [1.165, 1.54) is 4.88 Å². The Balaban J connectivity index is 1.80. The van der Waals surface area contributed by atoms with Crippen molar-refractivity contribution < 1.29 is 0 Å². The molecule has 0 bridgehead atoms. The molecule has 2 aromatic rings. The second kappa shape index (κ2) is 4.63. The maximum absolute atomic E-state index is 5.39. The molecule has 4 N–H and O–H groups in total. The molecule has 2 aromatic heterocycles. The molecule has 0 radical (unpaired) electrons. The molecular formula is C8H10BrN5S. The van der Waals surface area contributed by atoms with Gasteiger partial charge in [-0.2, -0.15) is 4.98 Å². The number of halogens is 1. The third kappa shape index (κ3) is 2.93. The fourth-order valence-electron chi connectivity index (χ4n) is 1.14. The lowest BCUT2D eigenvalue weighted by molar-refractivity contribution is 1.00. The minimum absolute atomic E-state index is 0.330. The van der Waals surface area contributed by atoms with E-state index in [9.17, 15) is 0 Å². The molecule has 2 heterocycles. The molecule has 0 saturated heterocycles. The number of hydrogen-bond acceptors (Lipinski definition) is 5. The molecule has 15 heavy (non-hydrogen) atoms. The van der Waals surface area contributed by atoms with Gasteiger partial charge in [-0.05, 0) is 34.5 Å². The lowest BCUT2D eigenvalue weighted by Crippen LogP contribution is -2.05. The summed E-state index contributed by atoms with van der Waals surface area (Å²) in [7, 11) is 0. The highest BCUT2D eigenvalue weighted by atomic mass is 79.9. The fourth-order valence-corrected chi connectivity index (χ4v) is 2.62. The zero-order chi connectivity index (χ0) is 10.7. The van der Waals surface area contributed by atoms with E-state index in [0.717, 1.165) is 16.8 Å². The SMILES string of the molecule is Nc1nc(NCCc2ccc(Br)s2)n[nH]1. The summed E-state index contributed by atoms with van der Waals surface area (Å²) in [6, 6.07) is 4.15. The van der Waals surface area contributed by atoms with E-state index in [0.29, 0.717) is 11.9 Å². The highest BCUT2D eigenvalue weighted by molar-refractivity contribution is 9.11. The molecule has 0 atom stereocenters. The third-order valence-electron chi connectivity index (χ3n) is 1.79. The third-order valence-corrected chi connectivity index (χ3v) is 3.47. The first kappa shape index (κ1) is 10.4. The van der Waals surface area contributed by atoms with Crippen molar-refractivity contribution >= 4 is 39.2 Å². The van der Waals surface area contributed by atoms with Crippen LogP contribution >= 0.6 is 27.3 Å². The predicted octanol–water partition coefficient (Wildman–Crippen LogP) is 1.87. The van der Waals surface area contributed by atoms with Crippen LogP contribution in [0, 0.1) is 0 Å². The van der Waals surface area contributed by atoms with Gasteiger partial charge in [0.05, 0.1) is 3.79 Å². The maximum Gasteiger partial charge on any atom is 0.243 e. The molecule has 7 heteroatoms. The molecule has 0 aliphatic heterocycles. The summed E-state index contributed by atoms with van der Waals surface area (Å²) < 4.78 is 1.15. The molecule has 0 unspecified atom stereocenters. The average Bonchev–Trinajstić information content (AvgIpc) is 2.76. The van der Waals surface area contributed by atoms with Crippen LogP contribution in [0.15, 0.2) is 15.9 Å². The van der Waals surface area contributed by atoms with E-state index in [4.69, 9.17) is 5.73 Å². The Morgan fingerprint density at radius 2 is 2.40 bits per heavy atom. The topological polar surface area (TPSA) is 79.6 Å². The van der Waals surface area contributed by atoms with Crippen LogP contribution in [0.5, 0.6) is 0 Å². The average molecular weight is 288 g/mol. The van der Waals surface area contributed by atoms with Gasteiger partial charge in [0.1, 0.15) is 0 Å². The molecule has 5 nitrogen and oxygen atoms in total. The molecule has 0 spiro atoms. The summed E-state index contributed by atoms with van der Waals surface area (Å²) in [5, 5.41) is 9.53. The number of nitrogen functional groups attached to an aromatic ring is 1. The van der Waals surface area contributed by atoms with Crippen LogP contribution in [0.25, 0.3) is 0 Å². The zero-order valence-corrected chi connectivity index (χ0v) is 10.2. The summed E-state index contributed by atoms with van der Waals surface area (Å²) in [4.78, 5) is 5.26. The highest BCUT2D eigenvalue weighted by Crippen LogP contribution is 2.22. The van der Waals surface area contributed by atoms with Crippen LogP contribution in [0.1, 0.15) is 4.88 Å². The molecule has 2 rings (SSSR count). The van der Waals surface area contributed by atoms with E-state index in [2.05, 4.69) is 42.5 Å². The molecule has 0 amide bonds. The van der Waals surface area contributed by atoms with Crippen molar-refractivity contribution in [1.82, 2.24) is 15.2 Å². The van der Waals surface area contributed by atoms with Crippen molar-refractivity contribution in [2.45, 2.75) is 6.42 Å². The summed E-state index contributed by atoms with van der Waals surface area (Å²) in [6.07, 6.45) is 0.949. The minimum atomic E-state index is 0.330. The monoisotopic (exact) mass is 287 g/mol. The van der Waals surface area contributed by atoms with Crippen LogP contribution in [0.2, 0.25) is 0 Å². The van der Waals surface area contributed by atoms with E-state index >= 15 is 0 Å². The molecular weight excluding hydrogens is 278 g/mol. The Labute approximate surface area is 99.2 Å². The quantitative estimate of drug-likeness (QED) is 0.802. The summed E-state index contributed by atoms with van der Waals surface area (Å²) >= 11 is 5.16. The van der Waals surface area contributed by atoms with Gasteiger partial charge in [-0.15, -0.1) is 16.4 Å². The molecule has 80 valence electrons. The van der Waals surface area contributed by atoms with Crippen LogP contribution in [0.4, 0.5) is 11.9 Å². The lowest BCUT2D eigenvalue weighted by Gasteiger charge is -1.98.